The molecule has 1 atom stereocenters. The molecule has 1 unspecified atom stereocenters. The summed E-state index contributed by atoms with van der Waals surface area (Å²) in [5.74, 6) is 0. The maximum absolute atomic E-state index is 5.79. The van der Waals surface area contributed by atoms with Crippen molar-refractivity contribution in [1.82, 2.24) is 0 Å². The normalized spacial score (nSPS) is 32.8. The Hall–Kier alpha value is -0.0831. The van der Waals surface area contributed by atoms with Crippen LogP contribution in [-0.4, -0.2) is 21.4 Å². The first-order valence-corrected chi connectivity index (χ1v) is 5.91. The Balaban J connectivity index is 2.49. The second-order valence-corrected chi connectivity index (χ2v) is 5.33. The van der Waals surface area contributed by atoms with E-state index in [9.17, 15) is 0 Å². The maximum atomic E-state index is 5.79. The van der Waals surface area contributed by atoms with E-state index >= 15 is 0 Å². The Bertz CT molecular complexity index is 128. The van der Waals surface area contributed by atoms with Crippen molar-refractivity contribution in [2.24, 2.45) is 0 Å². The van der Waals surface area contributed by atoms with Crippen LogP contribution in [0.25, 0.3) is 0 Å². The molecule has 63 valence electrons. The van der Waals surface area contributed by atoms with Crippen molar-refractivity contribution in [1.29, 1.82) is 0 Å². The zero-order chi connectivity index (χ0) is 8.16. The lowest BCUT2D eigenvalue weighted by Gasteiger charge is -2.35. The highest BCUT2D eigenvalue weighted by molar-refractivity contribution is 6.46. The third kappa shape index (κ3) is 2.17. The SMILES string of the molecule is C=C[SiH2]C1([CH]C)CCCCO1. The van der Waals surface area contributed by atoms with Gasteiger partial charge in [0.25, 0.3) is 0 Å². The number of hydrogen-bond acceptors (Lipinski definition) is 1. The van der Waals surface area contributed by atoms with Gasteiger partial charge in [0.05, 0.1) is 14.7 Å². The predicted octanol–water partition coefficient (Wildman–Crippen LogP) is 1.42. The minimum absolute atomic E-state index is 0.167. The van der Waals surface area contributed by atoms with Crippen molar-refractivity contribution in [3.63, 3.8) is 0 Å². The molecule has 0 aliphatic carbocycles. The van der Waals surface area contributed by atoms with E-state index < -0.39 is 0 Å². The summed E-state index contributed by atoms with van der Waals surface area (Å²) in [5.41, 5.74) is 2.09. The fourth-order valence-corrected chi connectivity index (χ4v) is 3.07. The molecular weight excluding hydrogens is 152 g/mol. The van der Waals surface area contributed by atoms with Gasteiger partial charge >= 0.3 is 0 Å². The molecule has 0 aromatic rings. The average Bonchev–Trinajstić information content (AvgIpc) is 2.07. The van der Waals surface area contributed by atoms with Crippen LogP contribution in [0, 0.1) is 6.42 Å². The molecule has 0 amide bonds. The summed E-state index contributed by atoms with van der Waals surface area (Å²) in [6, 6.07) is 0. The quantitative estimate of drug-likeness (QED) is 0.581. The molecule has 1 radical (unpaired) electrons. The number of ether oxygens (including phenoxy) is 1. The van der Waals surface area contributed by atoms with Crippen molar-refractivity contribution >= 4 is 9.52 Å². The predicted molar refractivity (Wildman–Crippen MR) is 51.2 cm³/mol. The van der Waals surface area contributed by atoms with Crippen LogP contribution in [0.4, 0.5) is 0 Å². The Morgan fingerprint density at radius 3 is 2.82 bits per heavy atom. The van der Waals surface area contributed by atoms with Gasteiger partial charge in [-0.15, -0.1) is 12.3 Å². The Kier molecular flexibility index (Phi) is 3.33. The van der Waals surface area contributed by atoms with E-state index in [0.717, 1.165) is 6.61 Å². The molecule has 1 aliphatic heterocycles. The highest BCUT2D eigenvalue weighted by Crippen LogP contribution is 2.26. The minimum Gasteiger partial charge on any atom is -0.379 e. The topological polar surface area (TPSA) is 9.23 Å². The largest absolute Gasteiger partial charge is 0.379 e. The van der Waals surface area contributed by atoms with Gasteiger partial charge in [0.2, 0.25) is 0 Å². The van der Waals surface area contributed by atoms with Gasteiger partial charge in [0.1, 0.15) is 0 Å². The highest BCUT2D eigenvalue weighted by Gasteiger charge is 2.29. The summed E-state index contributed by atoms with van der Waals surface area (Å²) in [6.45, 7) is 6.87. The van der Waals surface area contributed by atoms with Gasteiger partial charge in [-0.3, -0.25) is 0 Å². The van der Waals surface area contributed by atoms with Crippen molar-refractivity contribution in [3.8, 4) is 0 Å². The first-order chi connectivity index (χ1) is 5.33. The van der Waals surface area contributed by atoms with E-state index in [2.05, 4.69) is 25.6 Å². The summed E-state index contributed by atoms with van der Waals surface area (Å²) >= 11 is 0. The van der Waals surface area contributed by atoms with E-state index in [1.807, 2.05) is 0 Å². The van der Waals surface area contributed by atoms with Crippen LogP contribution in [0.3, 0.4) is 0 Å². The van der Waals surface area contributed by atoms with E-state index in [4.69, 9.17) is 4.74 Å². The molecule has 0 aromatic carbocycles. The summed E-state index contributed by atoms with van der Waals surface area (Å²) in [5, 5.41) is 0.167. The van der Waals surface area contributed by atoms with E-state index in [1.165, 1.54) is 19.3 Å². The molecule has 0 bridgehead atoms. The van der Waals surface area contributed by atoms with Gasteiger partial charge in [-0.05, 0) is 25.7 Å². The zero-order valence-corrected chi connectivity index (χ0v) is 8.72. The molecule has 1 nitrogen and oxygen atoms in total. The molecule has 0 aromatic heterocycles. The average molecular weight is 169 g/mol. The van der Waals surface area contributed by atoms with Gasteiger partial charge in [-0.25, -0.2) is 0 Å². The Morgan fingerprint density at radius 2 is 2.36 bits per heavy atom. The van der Waals surface area contributed by atoms with Gasteiger partial charge in [0, 0.05) is 6.61 Å². The molecule has 0 N–H and O–H groups in total. The van der Waals surface area contributed by atoms with Crippen LogP contribution < -0.4 is 0 Å². The third-order valence-electron chi connectivity index (χ3n) is 2.40. The molecule has 1 rings (SSSR count). The van der Waals surface area contributed by atoms with Gasteiger partial charge < -0.3 is 4.74 Å². The second kappa shape index (κ2) is 4.07. The lowest BCUT2D eigenvalue weighted by Crippen LogP contribution is -2.41. The molecule has 0 saturated carbocycles. The third-order valence-corrected chi connectivity index (χ3v) is 4.35. The first-order valence-electron chi connectivity index (χ1n) is 4.38. The van der Waals surface area contributed by atoms with Crippen molar-refractivity contribution in [3.05, 3.63) is 18.7 Å². The Morgan fingerprint density at radius 1 is 1.55 bits per heavy atom. The number of hydrogen-bond donors (Lipinski definition) is 0. The molecule has 1 heterocycles. The van der Waals surface area contributed by atoms with E-state index in [1.54, 1.807) is 0 Å². The van der Waals surface area contributed by atoms with E-state index in [0.29, 0.717) is 0 Å². The first kappa shape index (κ1) is 9.01. The summed E-state index contributed by atoms with van der Waals surface area (Å²) < 4.78 is 5.79. The molecule has 1 aliphatic rings. The minimum atomic E-state index is -0.245. The van der Waals surface area contributed by atoms with Crippen LogP contribution >= 0.6 is 0 Å². The van der Waals surface area contributed by atoms with Crippen LogP contribution in [0.2, 0.25) is 0 Å². The summed E-state index contributed by atoms with van der Waals surface area (Å²) in [6.07, 6.45) is 6.02. The smallest absolute Gasteiger partial charge is 0.0830 e. The molecule has 0 spiro atoms. The molecular formula is C9H17OSi. The van der Waals surface area contributed by atoms with Crippen LogP contribution in [0.1, 0.15) is 26.2 Å². The lowest BCUT2D eigenvalue weighted by molar-refractivity contribution is 0.00314. The fourth-order valence-electron chi connectivity index (χ4n) is 1.62. The summed E-state index contributed by atoms with van der Waals surface area (Å²) in [4.78, 5) is 0. The van der Waals surface area contributed by atoms with Crippen molar-refractivity contribution in [2.75, 3.05) is 6.61 Å². The summed E-state index contributed by atoms with van der Waals surface area (Å²) in [7, 11) is -0.245. The van der Waals surface area contributed by atoms with Crippen molar-refractivity contribution < 1.29 is 4.74 Å². The number of rotatable bonds is 3. The molecule has 1 saturated heterocycles. The highest BCUT2D eigenvalue weighted by atomic mass is 28.2. The molecule has 2 heteroatoms. The van der Waals surface area contributed by atoms with Crippen molar-refractivity contribution in [2.45, 2.75) is 31.4 Å². The molecule has 11 heavy (non-hydrogen) atoms. The lowest BCUT2D eigenvalue weighted by atomic mass is 10.1. The van der Waals surface area contributed by atoms with Crippen LogP contribution in [0.15, 0.2) is 12.3 Å². The monoisotopic (exact) mass is 169 g/mol. The Labute approximate surface area is 71.7 Å². The van der Waals surface area contributed by atoms with Crippen LogP contribution in [0.5, 0.6) is 0 Å². The van der Waals surface area contributed by atoms with Gasteiger partial charge in [0.15, 0.2) is 0 Å². The van der Waals surface area contributed by atoms with Crippen LogP contribution in [-0.2, 0) is 4.74 Å². The van der Waals surface area contributed by atoms with Gasteiger partial charge in [-0.2, -0.15) is 0 Å². The maximum Gasteiger partial charge on any atom is 0.0830 e. The zero-order valence-electron chi connectivity index (χ0n) is 7.31. The standard InChI is InChI=1S/C9H17OSi/c1-3-9(11-4-2)7-5-6-8-10-9/h3-4H,2,5-8,11H2,1H3. The second-order valence-electron chi connectivity index (χ2n) is 3.15. The van der Waals surface area contributed by atoms with E-state index in [-0.39, 0.29) is 14.7 Å². The fraction of sp³-hybridized carbons (Fsp3) is 0.667. The van der Waals surface area contributed by atoms with Gasteiger partial charge in [-0.1, -0.05) is 6.92 Å². The molecule has 1 fully saturated rings.